The van der Waals surface area contributed by atoms with Crippen LogP contribution in [0.2, 0.25) is 5.02 Å². The SMILES string of the molecule is CC(C)(C(=O)N1C2CCNCC1CC2)c1ccccc1Cl. The molecule has 3 rings (SSSR count). The number of nitrogens with zero attached hydrogens (tertiary/aromatic N) is 1. The second-order valence-corrected chi connectivity index (χ2v) is 7.10. The van der Waals surface area contributed by atoms with E-state index in [2.05, 4.69) is 10.2 Å². The van der Waals surface area contributed by atoms with Crippen LogP contribution in [0, 0.1) is 0 Å². The maximum Gasteiger partial charge on any atom is 0.233 e. The van der Waals surface area contributed by atoms with Gasteiger partial charge in [-0.25, -0.2) is 0 Å². The molecule has 4 heteroatoms. The van der Waals surface area contributed by atoms with Gasteiger partial charge in [-0.1, -0.05) is 29.8 Å². The highest BCUT2D eigenvalue weighted by Gasteiger charge is 2.44. The molecular weight excluding hydrogens is 284 g/mol. The molecule has 2 heterocycles. The third-order valence-electron chi connectivity index (χ3n) is 4.97. The zero-order valence-electron chi connectivity index (χ0n) is 12.7. The van der Waals surface area contributed by atoms with Gasteiger partial charge in [0.25, 0.3) is 0 Å². The van der Waals surface area contributed by atoms with Gasteiger partial charge in [0, 0.05) is 23.7 Å². The van der Waals surface area contributed by atoms with E-state index in [1.54, 1.807) is 0 Å². The molecule has 2 fully saturated rings. The van der Waals surface area contributed by atoms with E-state index < -0.39 is 5.41 Å². The maximum absolute atomic E-state index is 13.2. The van der Waals surface area contributed by atoms with E-state index >= 15 is 0 Å². The zero-order chi connectivity index (χ0) is 15.0. The van der Waals surface area contributed by atoms with Crippen LogP contribution in [-0.2, 0) is 10.2 Å². The minimum absolute atomic E-state index is 0.215. The molecule has 2 atom stereocenters. The van der Waals surface area contributed by atoms with Crippen molar-refractivity contribution in [2.75, 3.05) is 13.1 Å². The van der Waals surface area contributed by atoms with E-state index in [0.29, 0.717) is 17.1 Å². The van der Waals surface area contributed by atoms with Crippen LogP contribution >= 0.6 is 11.6 Å². The molecule has 2 saturated heterocycles. The van der Waals surface area contributed by atoms with Crippen LogP contribution in [0.1, 0.15) is 38.7 Å². The molecule has 2 aliphatic heterocycles. The van der Waals surface area contributed by atoms with E-state index in [0.717, 1.165) is 37.9 Å². The van der Waals surface area contributed by atoms with Gasteiger partial charge in [-0.2, -0.15) is 0 Å². The quantitative estimate of drug-likeness (QED) is 0.911. The van der Waals surface area contributed by atoms with Gasteiger partial charge < -0.3 is 10.2 Å². The van der Waals surface area contributed by atoms with E-state index in [1.807, 2.05) is 38.1 Å². The topological polar surface area (TPSA) is 32.3 Å². The summed E-state index contributed by atoms with van der Waals surface area (Å²) >= 11 is 6.33. The van der Waals surface area contributed by atoms with E-state index in [9.17, 15) is 4.79 Å². The van der Waals surface area contributed by atoms with Crippen LogP contribution in [0.4, 0.5) is 0 Å². The number of fused-ring (bicyclic) bond motifs is 2. The number of amides is 1. The average Bonchev–Trinajstić information content (AvgIpc) is 2.71. The van der Waals surface area contributed by atoms with Crippen LogP contribution in [-0.4, -0.2) is 36.0 Å². The van der Waals surface area contributed by atoms with Gasteiger partial charge in [-0.15, -0.1) is 0 Å². The molecule has 1 N–H and O–H groups in total. The highest BCUT2D eigenvalue weighted by molar-refractivity contribution is 6.31. The fourth-order valence-electron chi connectivity index (χ4n) is 3.72. The van der Waals surface area contributed by atoms with Crippen LogP contribution in [0.5, 0.6) is 0 Å². The Morgan fingerprint density at radius 3 is 2.71 bits per heavy atom. The maximum atomic E-state index is 13.2. The van der Waals surface area contributed by atoms with Gasteiger partial charge in [0.1, 0.15) is 0 Å². The largest absolute Gasteiger partial charge is 0.335 e. The minimum Gasteiger partial charge on any atom is -0.335 e. The van der Waals surface area contributed by atoms with E-state index in [-0.39, 0.29) is 5.91 Å². The third-order valence-corrected chi connectivity index (χ3v) is 5.30. The summed E-state index contributed by atoms with van der Waals surface area (Å²) in [6.07, 6.45) is 3.31. The Kier molecular flexibility index (Phi) is 3.98. The molecule has 0 spiro atoms. The average molecular weight is 307 g/mol. The number of nitrogens with one attached hydrogen (secondary N) is 1. The second-order valence-electron chi connectivity index (χ2n) is 6.70. The predicted molar refractivity (Wildman–Crippen MR) is 85.6 cm³/mol. The second kappa shape index (κ2) is 5.62. The fourth-order valence-corrected chi connectivity index (χ4v) is 4.09. The Balaban J connectivity index is 1.92. The van der Waals surface area contributed by atoms with Gasteiger partial charge in [0.2, 0.25) is 5.91 Å². The smallest absolute Gasteiger partial charge is 0.233 e. The van der Waals surface area contributed by atoms with Gasteiger partial charge in [-0.05, 0) is 51.3 Å². The van der Waals surface area contributed by atoms with Gasteiger partial charge in [0.15, 0.2) is 0 Å². The van der Waals surface area contributed by atoms with Crippen molar-refractivity contribution in [3.63, 3.8) is 0 Å². The summed E-state index contributed by atoms with van der Waals surface area (Å²) in [7, 11) is 0. The molecule has 0 saturated carbocycles. The summed E-state index contributed by atoms with van der Waals surface area (Å²) in [4.78, 5) is 15.4. The first-order valence-corrected chi connectivity index (χ1v) is 8.18. The molecule has 2 bridgehead atoms. The molecule has 21 heavy (non-hydrogen) atoms. The van der Waals surface area contributed by atoms with Crippen LogP contribution < -0.4 is 5.32 Å². The molecule has 0 aliphatic carbocycles. The lowest BCUT2D eigenvalue weighted by Crippen LogP contribution is -2.50. The first-order valence-electron chi connectivity index (χ1n) is 7.80. The van der Waals surface area contributed by atoms with Crippen LogP contribution in [0.3, 0.4) is 0 Å². The van der Waals surface area contributed by atoms with Gasteiger partial charge >= 0.3 is 0 Å². The lowest BCUT2D eigenvalue weighted by Gasteiger charge is -2.36. The summed E-state index contributed by atoms with van der Waals surface area (Å²) in [6.45, 7) is 5.92. The Hall–Kier alpha value is -1.06. The van der Waals surface area contributed by atoms with Crippen molar-refractivity contribution < 1.29 is 4.79 Å². The molecule has 114 valence electrons. The predicted octanol–water partition coefficient (Wildman–Crippen LogP) is 2.97. The molecule has 1 amide bonds. The molecule has 2 aliphatic rings. The van der Waals surface area contributed by atoms with Crippen molar-refractivity contribution >= 4 is 17.5 Å². The summed E-state index contributed by atoms with van der Waals surface area (Å²) in [5, 5.41) is 4.12. The highest BCUT2D eigenvalue weighted by atomic mass is 35.5. The number of carbonyl (C=O) groups excluding carboxylic acids is 1. The van der Waals surface area contributed by atoms with Gasteiger partial charge in [0.05, 0.1) is 5.41 Å². The normalized spacial score (nSPS) is 25.8. The first kappa shape index (κ1) is 14.9. The Bertz CT molecular complexity index is 529. The number of rotatable bonds is 2. The number of carbonyl (C=O) groups is 1. The van der Waals surface area contributed by atoms with Crippen LogP contribution in [0.15, 0.2) is 24.3 Å². The number of halogens is 1. The zero-order valence-corrected chi connectivity index (χ0v) is 13.5. The fraction of sp³-hybridized carbons (Fsp3) is 0.588. The first-order chi connectivity index (χ1) is 10.0. The lowest BCUT2D eigenvalue weighted by molar-refractivity contribution is -0.139. The molecule has 3 nitrogen and oxygen atoms in total. The summed E-state index contributed by atoms with van der Waals surface area (Å²) in [5.74, 6) is 0.215. The van der Waals surface area contributed by atoms with Crippen LogP contribution in [0.25, 0.3) is 0 Å². The molecule has 0 radical (unpaired) electrons. The summed E-state index contributed by atoms with van der Waals surface area (Å²) in [6, 6.07) is 8.43. The number of hydrogen-bond donors (Lipinski definition) is 1. The lowest BCUT2D eigenvalue weighted by atomic mass is 9.82. The van der Waals surface area contributed by atoms with Gasteiger partial charge in [-0.3, -0.25) is 4.79 Å². The Morgan fingerprint density at radius 2 is 1.95 bits per heavy atom. The van der Waals surface area contributed by atoms with E-state index in [1.165, 1.54) is 0 Å². The minimum atomic E-state index is -0.580. The van der Waals surface area contributed by atoms with Crippen molar-refractivity contribution in [2.45, 2.75) is 50.6 Å². The molecular formula is C17H23ClN2O. The monoisotopic (exact) mass is 306 g/mol. The Labute approximate surface area is 131 Å². The molecule has 0 aromatic heterocycles. The Morgan fingerprint density at radius 1 is 1.24 bits per heavy atom. The highest BCUT2D eigenvalue weighted by Crippen LogP contribution is 2.36. The number of hydrogen-bond acceptors (Lipinski definition) is 2. The summed E-state index contributed by atoms with van der Waals surface area (Å²) < 4.78 is 0. The molecule has 2 unspecified atom stereocenters. The third kappa shape index (κ3) is 2.58. The van der Waals surface area contributed by atoms with Crippen molar-refractivity contribution in [3.8, 4) is 0 Å². The molecule has 1 aromatic carbocycles. The summed E-state index contributed by atoms with van der Waals surface area (Å²) in [5.41, 5.74) is 0.344. The van der Waals surface area contributed by atoms with Crippen molar-refractivity contribution in [2.24, 2.45) is 0 Å². The molecule has 1 aromatic rings. The van der Waals surface area contributed by atoms with E-state index in [4.69, 9.17) is 11.6 Å². The van der Waals surface area contributed by atoms with Crippen molar-refractivity contribution in [3.05, 3.63) is 34.9 Å². The van der Waals surface area contributed by atoms with Crippen molar-refractivity contribution in [1.82, 2.24) is 10.2 Å². The standard InChI is InChI=1S/C17H23ClN2O/c1-17(2,14-5-3-4-6-15(14)18)16(21)20-12-7-8-13(20)11-19-10-9-12/h3-6,12-13,19H,7-11H2,1-2H3. The van der Waals surface area contributed by atoms with Crippen molar-refractivity contribution in [1.29, 1.82) is 0 Å². The number of benzene rings is 1.